The van der Waals surface area contributed by atoms with Crippen LogP contribution in [0.2, 0.25) is 0 Å². The molecule has 1 amide bonds. The normalized spacial score (nSPS) is 10.3. The van der Waals surface area contributed by atoms with E-state index in [1.54, 1.807) is 24.3 Å². The number of nitrogens with one attached hydrogen (secondary N) is 1. The van der Waals surface area contributed by atoms with Gasteiger partial charge in [-0.3, -0.25) is 5.32 Å². The predicted molar refractivity (Wildman–Crippen MR) is 71.0 cm³/mol. The summed E-state index contributed by atoms with van der Waals surface area (Å²) >= 11 is 4.49. The molecule has 0 aliphatic carbocycles. The van der Waals surface area contributed by atoms with Crippen LogP contribution in [-0.2, 0) is 4.74 Å². The largest absolute Gasteiger partial charge is 0.444 e. The van der Waals surface area contributed by atoms with Gasteiger partial charge in [-0.15, -0.1) is 0 Å². The number of carbonyl (C=O) groups is 1. The Morgan fingerprint density at radius 2 is 1.94 bits per heavy atom. The van der Waals surface area contributed by atoms with Crippen LogP contribution in [0.25, 0.3) is 0 Å². The molecule has 0 heterocycles. The molecule has 1 N–H and O–H groups in total. The fourth-order valence-corrected chi connectivity index (χ4v) is 1.20. The molecule has 0 aromatic heterocycles. The van der Waals surface area contributed by atoms with Crippen molar-refractivity contribution < 1.29 is 9.53 Å². The summed E-state index contributed by atoms with van der Waals surface area (Å²) in [5.74, 6) is 0. The number of hydrogen-bond donors (Lipinski definition) is 1. The average Bonchev–Trinajstić information content (AvgIpc) is 2.18. The molecule has 1 aromatic carbocycles. The summed E-state index contributed by atoms with van der Waals surface area (Å²) in [4.78, 5) is 15.3. The molecule has 0 saturated carbocycles. The van der Waals surface area contributed by atoms with Crippen LogP contribution < -0.4 is 5.32 Å². The molecule has 0 aliphatic rings. The number of thiocarbonyl (C=S) groups is 1. The van der Waals surface area contributed by atoms with Crippen LogP contribution in [0, 0.1) is 0 Å². The maximum Gasteiger partial charge on any atom is 0.412 e. The highest BCUT2D eigenvalue weighted by Gasteiger charge is 2.15. The summed E-state index contributed by atoms with van der Waals surface area (Å²) in [6.07, 6.45) is -0.483. The third-order valence-corrected chi connectivity index (χ3v) is 1.78. The van der Waals surface area contributed by atoms with Gasteiger partial charge in [0.05, 0.1) is 10.8 Å². The first-order chi connectivity index (χ1) is 7.90. The van der Waals surface area contributed by atoms with Crippen LogP contribution in [0.1, 0.15) is 20.8 Å². The molecule has 0 saturated heterocycles. The molecule has 0 fully saturated rings. The molecule has 1 aromatic rings. The van der Waals surface area contributed by atoms with Gasteiger partial charge in [0.1, 0.15) is 5.60 Å². The van der Waals surface area contributed by atoms with E-state index in [1.165, 1.54) is 0 Å². The Bertz CT molecular complexity index is 443. The second kappa shape index (κ2) is 5.57. The van der Waals surface area contributed by atoms with E-state index >= 15 is 0 Å². The zero-order valence-electron chi connectivity index (χ0n) is 9.98. The maximum absolute atomic E-state index is 11.5. The molecular formula is C12H14N2O2S. The van der Waals surface area contributed by atoms with Crippen molar-refractivity contribution in [2.24, 2.45) is 4.99 Å². The van der Waals surface area contributed by atoms with Crippen LogP contribution in [0.3, 0.4) is 0 Å². The van der Waals surface area contributed by atoms with Crippen molar-refractivity contribution >= 4 is 34.8 Å². The Hall–Kier alpha value is -1.71. The Morgan fingerprint density at radius 1 is 1.35 bits per heavy atom. The molecule has 17 heavy (non-hydrogen) atoms. The third kappa shape index (κ3) is 5.24. The van der Waals surface area contributed by atoms with Crippen molar-refractivity contribution in [3.63, 3.8) is 0 Å². The Balaban J connectivity index is 2.63. The monoisotopic (exact) mass is 250 g/mol. The molecule has 0 spiro atoms. The van der Waals surface area contributed by atoms with E-state index in [9.17, 15) is 4.79 Å². The predicted octanol–water partition coefficient (Wildman–Crippen LogP) is 3.77. The summed E-state index contributed by atoms with van der Waals surface area (Å²) in [5, 5.41) is 4.89. The fourth-order valence-electron chi connectivity index (χ4n) is 1.09. The lowest BCUT2D eigenvalue weighted by Crippen LogP contribution is -2.27. The van der Waals surface area contributed by atoms with Crippen molar-refractivity contribution in [1.29, 1.82) is 0 Å². The number of carbonyl (C=O) groups excluding carboxylic acids is 1. The number of rotatable bonds is 2. The quantitative estimate of drug-likeness (QED) is 0.642. The van der Waals surface area contributed by atoms with Crippen molar-refractivity contribution in [2.45, 2.75) is 26.4 Å². The molecule has 0 atom stereocenters. The van der Waals surface area contributed by atoms with Gasteiger partial charge < -0.3 is 4.74 Å². The lowest BCUT2D eigenvalue weighted by Gasteiger charge is -2.19. The Labute approximate surface area is 106 Å². The number of anilines is 1. The smallest absolute Gasteiger partial charge is 0.412 e. The first-order valence-corrected chi connectivity index (χ1v) is 5.49. The van der Waals surface area contributed by atoms with Crippen molar-refractivity contribution in [1.82, 2.24) is 0 Å². The van der Waals surface area contributed by atoms with E-state index in [0.29, 0.717) is 11.4 Å². The highest BCUT2D eigenvalue weighted by Crippen LogP contribution is 2.16. The van der Waals surface area contributed by atoms with Crippen LogP contribution in [0.4, 0.5) is 16.2 Å². The standard InChI is InChI=1S/C12H14N2O2S/c1-12(2,3)16-11(15)14-10-6-4-9(5-7-10)13-8-17/h4-7H,1-3H3,(H,14,15). The van der Waals surface area contributed by atoms with E-state index in [4.69, 9.17) is 4.74 Å². The molecule has 0 bridgehead atoms. The lowest BCUT2D eigenvalue weighted by atomic mass is 10.2. The topological polar surface area (TPSA) is 50.7 Å². The van der Waals surface area contributed by atoms with Crippen LogP contribution in [0.5, 0.6) is 0 Å². The van der Waals surface area contributed by atoms with Gasteiger partial charge in [0.2, 0.25) is 0 Å². The van der Waals surface area contributed by atoms with Gasteiger partial charge in [-0.25, -0.2) is 4.79 Å². The number of nitrogens with zero attached hydrogens (tertiary/aromatic N) is 1. The van der Waals surface area contributed by atoms with Gasteiger partial charge in [0.25, 0.3) is 0 Å². The average molecular weight is 250 g/mol. The van der Waals surface area contributed by atoms with Crippen LogP contribution >= 0.6 is 12.2 Å². The molecule has 0 radical (unpaired) electrons. The van der Waals surface area contributed by atoms with Gasteiger partial charge in [-0.1, -0.05) is 0 Å². The summed E-state index contributed by atoms with van der Waals surface area (Å²) < 4.78 is 5.12. The molecule has 1 rings (SSSR count). The molecular weight excluding hydrogens is 236 g/mol. The molecule has 0 unspecified atom stereocenters. The second-order valence-electron chi connectivity index (χ2n) is 4.38. The number of hydrogen-bond acceptors (Lipinski definition) is 4. The Morgan fingerprint density at radius 3 is 2.41 bits per heavy atom. The molecule has 5 heteroatoms. The Kier molecular flexibility index (Phi) is 4.37. The number of amides is 1. The minimum atomic E-state index is -0.508. The first kappa shape index (κ1) is 13.4. The van der Waals surface area contributed by atoms with Gasteiger partial charge in [-0.05, 0) is 57.3 Å². The maximum atomic E-state index is 11.5. The number of isothiocyanates is 1. The van der Waals surface area contributed by atoms with Crippen molar-refractivity contribution in [2.75, 3.05) is 5.32 Å². The van der Waals surface area contributed by atoms with Crippen molar-refractivity contribution in [3.05, 3.63) is 24.3 Å². The van der Waals surface area contributed by atoms with E-state index in [0.717, 1.165) is 0 Å². The zero-order chi connectivity index (χ0) is 12.9. The lowest BCUT2D eigenvalue weighted by molar-refractivity contribution is 0.0636. The molecule has 4 nitrogen and oxygen atoms in total. The van der Waals surface area contributed by atoms with Gasteiger partial charge in [0, 0.05) is 5.69 Å². The molecule has 0 aliphatic heterocycles. The molecule has 90 valence electrons. The fraction of sp³-hybridized carbons (Fsp3) is 0.333. The zero-order valence-corrected chi connectivity index (χ0v) is 10.8. The van der Waals surface area contributed by atoms with E-state index in [-0.39, 0.29) is 0 Å². The van der Waals surface area contributed by atoms with Gasteiger partial charge in [-0.2, -0.15) is 4.99 Å². The van der Waals surface area contributed by atoms with Crippen LogP contribution in [0.15, 0.2) is 29.3 Å². The minimum Gasteiger partial charge on any atom is -0.444 e. The van der Waals surface area contributed by atoms with Gasteiger partial charge >= 0.3 is 6.09 Å². The number of ether oxygens (including phenoxy) is 1. The highest BCUT2D eigenvalue weighted by atomic mass is 32.1. The summed E-state index contributed by atoms with van der Waals surface area (Å²) in [6, 6.07) is 6.89. The summed E-state index contributed by atoms with van der Waals surface area (Å²) in [6.45, 7) is 5.43. The van der Waals surface area contributed by atoms with Gasteiger partial charge in [0.15, 0.2) is 0 Å². The van der Waals surface area contributed by atoms with E-state index in [1.807, 2.05) is 20.8 Å². The summed E-state index contributed by atoms with van der Waals surface area (Å²) in [5.41, 5.74) is 0.823. The first-order valence-electron chi connectivity index (χ1n) is 5.09. The van der Waals surface area contributed by atoms with E-state index in [2.05, 4.69) is 27.7 Å². The van der Waals surface area contributed by atoms with Crippen molar-refractivity contribution in [3.8, 4) is 0 Å². The highest BCUT2D eigenvalue weighted by molar-refractivity contribution is 7.78. The SMILES string of the molecule is CC(C)(C)OC(=O)Nc1ccc(N=C=S)cc1. The minimum absolute atomic E-state index is 0.483. The third-order valence-electron chi connectivity index (χ3n) is 1.69. The van der Waals surface area contributed by atoms with E-state index < -0.39 is 11.7 Å². The number of benzene rings is 1. The van der Waals surface area contributed by atoms with Crippen LogP contribution in [-0.4, -0.2) is 16.9 Å². The number of aliphatic imine (C=N–C) groups is 1. The second-order valence-corrected chi connectivity index (χ2v) is 4.56. The summed E-state index contributed by atoms with van der Waals surface area (Å²) in [7, 11) is 0.